The Morgan fingerprint density at radius 3 is 2.62 bits per heavy atom. The number of benzene rings is 1. The molecule has 2 aromatic rings. The van der Waals surface area contributed by atoms with E-state index in [4.69, 9.17) is 14.9 Å². The van der Waals surface area contributed by atoms with Gasteiger partial charge in [-0.15, -0.1) is 0 Å². The van der Waals surface area contributed by atoms with Crippen molar-refractivity contribution in [3.8, 4) is 17.2 Å². The van der Waals surface area contributed by atoms with E-state index < -0.39 is 0 Å². The van der Waals surface area contributed by atoms with Gasteiger partial charge in [0.05, 0.1) is 12.3 Å². The molecule has 1 aromatic carbocycles. The predicted molar refractivity (Wildman–Crippen MR) is 61.0 cm³/mol. The van der Waals surface area contributed by atoms with Crippen molar-refractivity contribution in [1.29, 1.82) is 0 Å². The third-order valence-electron chi connectivity index (χ3n) is 2.17. The summed E-state index contributed by atoms with van der Waals surface area (Å²) in [6, 6.07) is 7.62. The van der Waals surface area contributed by atoms with Gasteiger partial charge >= 0.3 is 0 Å². The van der Waals surface area contributed by atoms with Gasteiger partial charge in [0.2, 0.25) is 5.89 Å². The fourth-order valence-electron chi connectivity index (χ4n) is 1.39. The zero-order valence-corrected chi connectivity index (χ0v) is 9.14. The van der Waals surface area contributed by atoms with E-state index >= 15 is 0 Å². The molecule has 0 fully saturated rings. The summed E-state index contributed by atoms with van der Waals surface area (Å²) < 4.78 is 10.7. The van der Waals surface area contributed by atoms with Gasteiger partial charge in [0.15, 0.2) is 0 Å². The minimum Gasteiger partial charge on any atom is -0.494 e. The highest BCUT2D eigenvalue weighted by atomic mass is 16.5. The fraction of sp³-hybridized carbons (Fsp3) is 0.250. The first-order chi connectivity index (χ1) is 7.83. The molecule has 0 saturated heterocycles. The molecule has 0 aliphatic heterocycles. The van der Waals surface area contributed by atoms with Crippen LogP contribution in [-0.2, 0) is 6.54 Å². The highest BCUT2D eigenvalue weighted by Gasteiger charge is 2.05. The van der Waals surface area contributed by atoms with Gasteiger partial charge in [-0.25, -0.2) is 4.98 Å². The molecule has 0 atom stereocenters. The van der Waals surface area contributed by atoms with Crippen LogP contribution < -0.4 is 10.5 Å². The van der Waals surface area contributed by atoms with Crippen molar-refractivity contribution in [1.82, 2.24) is 4.98 Å². The lowest BCUT2D eigenvalue weighted by Crippen LogP contribution is -1.95. The summed E-state index contributed by atoms with van der Waals surface area (Å²) in [6.45, 7) is 3.01. The van der Waals surface area contributed by atoms with E-state index in [1.165, 1.54) is 0 Å². The van der Waals surface area contributed by atoms with Gasteiger partial charge in [0.25, 0.3) is 0 Å². The smallest absolute Gasteiger partial charge is 0.226 e. The van der Waals surface area contributed by atoms with Gasteiger partial charge in [-0.2, -0.15) is 0 Å². The van der Waals surface area contributed by atoms with Crippen molar-refractivity contribution in [3.05, 3.63) is 36.2 Å². The zero-order valence-electron chi connectivity index (χ0n) is 9.14. The molecule has 0 radical (unpaired) electrons. The van der Waals surface area contributed by atoms with E-state index in [1.54, 1.807) is 6.26 Å². The molecular weight excluding hydrogens is 204 g/mol. The highest BCUT2D eigenvalue weighted by Crippen LogP contribution is 2.21. The van der Waals surface area contributed by atoms with E-state index in [9.17, 15) is 0 Å². The third-order valence-corrected chi connectivity index (χ3v) is 2.17. The van der Waals surface area contributed by atoms with Crippen molar-refractivity contribution in [2.75, 3.05) is 6.61 Å². The Morgan fingerprint density at radius 1 is 1.31 bits per heavy atom. The van der Waals surface area contributed by atoms with Gasteiger partial charge in [-0.3, -0.25) is 0 Å². The SMILES string of the molecule is CCOc1ccc(-c2nc(CN)co2)cc1. The van der Waals surface area contributed by atoms with Crippen LogP contribution >= 0.6 is 0 Å². The monoisotopic (exact) mass is 218 g/mol. The maximum atomic E-state index is 5.46. The average molecular weight is 218 g/mol. The second-order valence-electron chi connectivity index (χ2n) is 3.31. The lowest BCUT2D eigenvalue weighted by atomic mass is 10.2. The molecule has 4 heteroatoms. The molecule has 0 spiro atoms. The number of oxazole rings is 1. The molecule has 16 heavy (non-hydrogen) atoms. The Morgan fingerprint density at radius 2 is 2.06 bits per heavy atom. The first-order valence-corrected chi connectivity index (χ1v) is 5.21. The maximum Gasteiger partial charge on any atom is 0.226 e. The number of hydrogen-bond acceptors (Lipinski definition) is 4. The predicted octanol–water partition coefficient (Wildman–Crippen LogP) is 2.20. The number of hydrogen-bond donors (Lipinski definition) is 1. The molecule has 0 bridgehead atoms. The Labute approximate surface area is 94.1 Å². The number of rotatable bonds is 4. The van der Waals surface area contributed by atoms with Crippen LogP contribution in [0.2, 0.25) is 0 Å². The summed E-state index contributed by atoms with van der Waals surface area (Å²) in [4.78, 5) is 4.24. The lowest BCUT2D eigenvalue weighted by molar-refractivity contribution is 0.340. The summed E-state index contributed by atoms with van der Waals surface area (Å²) in [5.41, 5.74) is 7.14. The molecule has 84 valence electrons. The van der Waals surface area contributed by atoms with E-state index in [0.717, 1.165) is 17.0 Å². The Balaban J connectivity index is 2.20. The normalized spacial score (nSPS) is 10.4. The highest BCUT2D eigenvalue weighted by molar-refractivity contribution is 5.54. The van der Waals surface area contributed by atoms with E-state index in [-0.39, 0.29) is 0 Å². The van der Waals surface area contributed by atoms with Crippen molar-refractivity contribution < 1.29 is 9.15 Å². The van der Waals surface area contributed by atoms with E-state index in [0.29, 0.717) is 19.0 Å². The van der Waals surface area contributed by atoms with E-state index in [1.807, 2.05) is 31.2 Å². The largest absolute Gasteiger partial charge is 0.494 e. The molecule has 0 saturated carbocycles. The minimum absolute atomic E-state index is 0.389. The Hall–Kier alpha value is -1.81. The minimum atomic E-state index is 0.389. The summed E-state index contributed by atoms with van der Waals surface area (Å²) in [5.74, 6) is 1.43. The summed E-state index contributed by atoms with van der Waals surface area (Å²) in [7, 11) is 0. The summed E-state index contributed by atoms with van der Waals surface area (Å²) >= 11 is 0. The number of ether oxygens (including phenoxy) is 1. The van der Waals surface area contributed by atoms with Crippen LogP contribution in [0.3, 0.4) is 0 Å². The molecule has 0 aliphatic carbocycles. The molecular formula is C12H14N2O2. The van der Waals surface area contributed by atoms with Crippen molar-refractivity contribution in [3.63, 3.8) is 0 Å². The number of aromatic nitrogens is 1. The third kappa shape index (κ3) is 2.23. The number of nitrogens with zero attached hydrogens (tertiary/aromatic N) is 1. The molecule has 0 unspecified atom stereocenters. The van der Waals surface area contributed by atoms with Gasteiger partial charge in [0.1, 0.15) is 12.0 Å². The fourth-order valence-corrected chi connectivity index (χ4v) is 1.39. The molecule has 2 rings (SSSR count). The van der Waals surface area contributed by atoms with Crippen LogP contribution in [0.5, 0.6) is 5.75 Å². The zero-order chi connectivity index (χ0) is 11.4. The Bertz CT molecular complexity index is 448. The topological polar surface area (TPSA) is 61.3 Å². The lowest BCUT2D eigenvalue weighted by Gasteiger charge is -2.02. The van der Waals surface area contributed by atoms with Crippen LogP contribution in [-0.4, -0.2) is 11.6 Å². The first-order valence-electron chi connectivity index (χ1n) is 5.21. The summed E-state index contributed by atoms with van der Waals surface area (Å²) in [5, 5.41) is 0. The van der Waals surface area contributed by atoms with Crippen LogP contribution in [0, 0.1) is 0 Å². The van der Waals surface area contributed by atoms with Crippen LogP contribution in [0.25, 0.3) is 11.5 Å². The Kier molecular flexibility index (Phi) is 3.22. The number of nitrogens with two attached hydrogens (primary N) is 1. The average Bonchev–Trinajstić information content (AvgIpc) is 2.79. The van der Waals surface area contributed by atoms with Gasteiger partial charge in [0, 0.05) is 12.1 Å². The maximum absolute atomic E-state index is 5.46. The van der Waals surface area contributed by atoms with Gasteiger partial charge in [-0.1, -0.05) is 0 Å². The second kappa shape index (κ2) is 4.81. The van der Waals surface area contributed by atoms with Gasteiger partial charge < -0.3 is 14.9 Å². The molecule has 1 aromatic heterocycles. The van der Waals surface area contributed by atoms with E-state index in [2.05, 4.69) is 4.98 Å². The first kappa shape index (κ1) is 10.7. The van der Waals surface area contributed by atoms with Crippen molar-refractivity contribution in [2.45, 2.75) is 13.5 Å². The standard InChI is InChI=1S/C12H14N2O2/c1-2-15-11-5-3-9(4-6-11)12-14-10(7-13)8-16-12/h3-6,8H,2,7,13H2,1H3. The molecule has 2 N–H and O–H groups in total. The quantitative estimate of drug-likeness (QED) is 0.854. The van der Waals surface area contributed by atoms with Crippen LogP contribution in [0.15, 0.2) is 34.9 Å². The second-order valence-corrected chi connectivity index (χ2v) is 3.31. The van der Waals surface area contributed by atoms with Crippen molar-refractivity contribution >= 4 is 0 Å². The van der Waals surface area contributed by atoms with Crippen LogP contribution in [0.4, 0.5) is 0 Å². The van der Waals surface area contributed by atoms with Gasteiger partial charge in [-0.05, 0) is 31.2 Å². The molecule has 1 heterocycles. The van der Waals surface area contributed by atoms with Crippen molar-refractivity contribution in [2.24, 2.45) is 5.73 Å². The molecule has 0 aliphatic rings. The molecule has 0 amide bonds. The van der Waals surface area contributed by atoms with Crippen LogP contribution in [0.1, 0.15) is 12.6 Å². The summed E-state index contributed by atoms with van der Waals surface area (Å²) in [6.07, 6.45) is 1.58. The molecule has 4 nitrogen and oxygen atoms in total.